The SMILES string of the molecule is Clc1ccc2[nH]cc(CCN3CCc4ccccc43)c2c1. The van der Waals surface area contributed by atoms with Crippen molar-refractivity contribution in [3.63, 3.8) is 0 Å². The van der Waals surface area contributed by atoms with E-state index in [9.17, 15) is 0 Å². The molecule has 0 saturated carbocycles. The summed E-state index contributed by atoms with van der Waals surface area (Å²) in [5.74, 6) is 0. The second-order valence-electron chi connectivity index (χ2n) is 5.62. The van der Waals surface area contributed by atoms with Crippen LogP contribution in [0.2, 0.25) is 5.02 Å². The maximum absolute atomic E-state index is 6.12. The largest absolute Gasteiger partial charge is 0.371 e. The lowest BCUT2D eigenvalue weighted by atomic mass is 10.1. The summed E-state index contributed by atoms with van der Waals surface area (Å²) in [5, 5.41) is 2.05. The van der Waals surface area contributed by atoms with Gasteiger partial charge in [0, 0.05) is 40.9 Å². The molecule has 1 aromatic heterocycles. The fourth-order valence-corrected chi connectivity index (χ4v) is 3.42. The van der Waals surface area contributed by atoms with E-state index in [1.807, 2.05) is 12.1 Å². The number of H-pyrrole nitrogens is 1. The van der Waals surface area contributed by atoms with Gasteiger partial charge in [-0.2, -0.15) is 0 Å². The molecule has 4 rings (SSSR count). The number of halogens is 1. The lowest BCUT2D eigenvalue weighted by Gasteiger charge is -2.19. The van der Waals surface area contributed by atoms with Gasteiger partial charge in [-0.05, 0) is 48.2 Å². The molecule has 106 valence electrons. The highest BCUT2D eigenvalue weighted by Crippen LogP contribution is 2.28. The fraction of sp³-hybridized carbons (Fsp3) is 0.222. The number of nitrogens with zero attached hydrogens (tertiary/aromatic N) is 1. The second kappa shape index (κ2) is 5.12. The van der Waals surface area contributed by atoms with Gasteiger partial charge in [0.05, 0.1) is 0 Å². The lowest BCUT2D eigenvalue weighted by Crippen LogP contribution is -2.23. The first-order chi connectivity index (χ1) is 10.3. The van der Waals surface area contributed by atoms with E-state index in [4.69, 9.17) is 11.6 Å². The molecule has 0 saturated heterocycles. The summed E-state index contributed by atoms with van der Waals surface area (Å²) in [7, 11) is 0. The third kappa shape index (κ3) is 2.30. The first-order valence-electron chi connectivity index (χ1n) is 7.39. The molecular formula is C18H17ClN2. The third-order valence-electron chi connectivity index (χ3n) is 4.36. The second-order valence-corrected chi connectivity index (χ2v) is 6.06. The van der Waals surface area contributed by atoms with Crippen molar-refractivity contribution in [3.8, 4) is 0 Å². The zero-order valence-electron chi connectivity index (χ0n) is 11.8. The molecule has 3 heteroatoms. The zero-order chi connectivity index (χ0) is 14.2. The maximum Gasteiger partial charge on any atom is 0.0457 e. The van der Waals surface area contributed by atoms with Gasteiger partial charge in [0.2, 0.25) is 0 Å². The number of anilines is 1. The van der Waals surface area contributed by atoms with Crippen LogP contribution in [0.1, 0.15) is 11.1 Å². The summed E-state index contributed by atoms with van der Waals surface area (Å²) >= 11 is 6.12. The Morgan fingerprint density at radius 2 is 2.05 bits per heavy atom. The molecule has 2 heterocycles. The molecule has 0 amide bonds. The van der Waals surface area contributed by atoms with Crippen molar-refractivity contribution in [2.75, 3.05) is 18.0 Å². The summed E-state index contributed by atoms with van der Waals surface area (Å²) in [6, 6.07) is 14.8. The van der Waals surface area contributed by atoms with Crippen LogP contribution in [0.5, 0.6) is 0 Å². The van der Waals surface area contributed by atoms with Crippen LogP contribution in [0.3, 0.4) is 0 Å². The number of rotatable bonds is 3. The average Bonchev–Trinajstić information content (AvgIpc) is 3.09. The molecule has 1 aliphatic rings. The van der Waals surface area contributed by atoms with Crippen LogP contribution in [0.4, 0.5) is 5.69 Å². The topological polar surface area (TPSA) is 19.0 Å². The van der Waals surface area contributed by atoms with Gasteiger partial charge in [-0.15, -0.1) is 0 Å². The highest BCUT2D eigenvalue weighted by Gasteiger charge is 2.18. The molecule has 0 fully saturated rings. The molecule has 2 nitrogen and oxygen atoms in total. The third-order valence-corrected chi connectivity index (χ3v) is 4.60. The first kappa shape index (κ1) is 12.8. The molecule has 0 bridgehead atoms. The maximum atomic E-state index is 6.12. The van der Waals surface area contributed by atoms with Gasteiger partial charge in [-0.25, -0.2) is 0 Å². The fourth-order valence-electron chi connectivity index (χ4n) is 3.25. The van der Waals surface area contributed by atoms with Crippen LogP contribution in [0, 0.1) is 0 Å². The number of aromatic amines is 1. The van der Waals surface area contributed by atoms with Crippen molar-refractivity contribution in [2.45, 2.75) is 12.8 Å². The Kier molecular flexibility index (Phi) is 3.12. The monoisotopic (exact) mass is 296 g/mol. The first-order valence-corrected chi connectivity index (χ1v) is 7.77. The van der Waals surface area contributed by atoms with Gasteiger partial charge < -0.3 is 9.88 Å². The molecule has 1 aliphatic heterocycles. The number of nitrogens with one attached hydrogen (secondary N) is 1. The zero-order valence-corrected chi connectivity index (χ0v) is 12.5. The van der Waals surface area contributed by atoms with Crippen LogP contribution >= 0.6 is 11.6 Å². The highest BCUT2D eigenvalue weighted by atomic mass is 35.5. The van der Waals surface area contributed by atoms with Crippen molar-refractivity contribution in [1.29, 1.82) is 0 Å². The van der Waals surface area contributed by atoms with E-state index >= 15 is 0 Å². The summed E-state index contributed by atoms with van der Waals surface area (Å²) in [4.78, 5) is 5.82. The molecule has 3 aromatic rings. The standard InChI is InChI=1S/C18H17ClN2/c19-15-5-6-17-16(11-15)14(12-20-17)8-10-21-9-7-13-3-1-2-4-18(13)21/h1-6,11-12,20H,7-10H2. The van der Waals surface area contributed by atoms with Crippen LogP contribution < -0.4 is 4.90 Å². The Labute approximate surface area is 129 Å². The minimum Gasteiger partial charge on any atom is -0.371 e. The van der Waals surface area contributed by atoms with E-state index in [0.29, 0.717) is 0 Å². The van der Waals surface area contributed by atoms with E-state index in [1.54, 1.807) is 0 Å². The number of aromatic nitrogens is 1. The molecule has 0 aliphatic carbocycles. The van der Waals surface area contributed by atoms with E-state index in [0.717, 1.165) is 36.5 Å². The number of para-hydroxylation sites is 1. The Balaban J connectivity index is 1.56. The molecule has 1 N–H and O–H groups in total. The number of hydrogen-bond acceptors (Lipinski definition) is 1. The van der Waals surface area contributed by atoms with Gasteiger partial charge in [-0.1, -0.05) is 29.8 Å². The molecule has 2 aromatic carbocycles. The van der Waals surface area contributed by atoms with Crippen molar-refractivity contribution in [2.24, 2.45) is 0 Å². The molecule has 0 atom stereocenters. The van der Waals surface area contributed by atoms with E-state index in [1.165, 1.54) is 22.2 Å². The van der Waals surface area contributed by atoms with E-state index in [2.05, 4.69) is 46.4 Å². The Morgan fingerprint density at radius 1 is 1.14 bits per heavy atom. The van der Waals surface area contributed by atoms with E-state index < -0.39 is 0 Å². The van der Waals surface area contributed by atoms with Crippen LogP contribution in [-0.4, -0.2) is 18.1 Å². The minimum atomic E-state index is 0.801. The van der Waals surface area contributed by atoms with Crippen molar-refractivity contribution in [1.82, 2.24) is 4.98 Å². The van der Waals surface area contributed by atoms with Gasteiger partial charge >= 0.3 is 0 Å². The predicted molar refractivity (Wildman–Crippen MR) is 89.4 cm³/mol. The Bertz CT molecular complexity index is 791. The predicted octanol–water partition coefficient (Wildman–Crippen LogP) is 4.43. The molecule has 21 heavy (non-hydrogen) atoms. The average molecular weight is 297 g/mol. The van der Waals surface area contributed by atoms with Crippen LogP contribution in [-0.2, 0) is 12.8 Å². The Morgan fingerprint density at radius 3 is 3.00 bits per heavy atom. The summed E-state index contributed by atoms with van der Waals surface area (Å²) in [5.41, 5.74) is 5.38. The van der Waals surface area contributed by atoms with Crippen molar-refractivity contribution >= 4 is 28.2 Å². The van der Waals surface area contributed by atoms with Crippen LogP contribution in [0.25, 0.3) is 10.9 Å². The summed E-state index contributed by atoms with van der Waals surface area (Å²) in [6.45, 7) is 2.18. The van der Waals surface area contributed by atoms with Gasteiger partial charge in [-0.3, -0.25) is 0 Å². The van der Waals surface area contributed by atoms with Crippen molar-refractivity contribution in [3.05, 3.63) is 64.8 Å². The highest BCUT2D eigenvalue weighted by molar-refractivity contribution is 6.31. The smallest absolute Gasteiger partial charge is 0.0457 e. The van der Waals surface area contributed by atoms with Crippen molar-refractivity contribution < 1.29 is 0 Å². The molecular weight excluding hydrogens is 280 g/mol. The molecule has 0 unspecified atom stereocenters. The van der Waals surface area contributed by atoms with Gasteiger partial charge in [0.25, 0.3) is 0 Å². The summed E-state index contributed by atoms with van der Waals surface area (Å²) < 4.78 is 0. The van der Waals surface area contributed by atoms with Gasteiger partial charge in [0.15, 0.2) is 0 Å². The summed E-state index contributed by atoms with van der Waals surface area (Å²) in [6.07, 6.45) is 4.31. The van der Waals surface area contributed by atoms with E-state index in [-0.39, 0.29) is 0 Å². The normalized spacial score (nSPS) is 13.9. The van der Waals surface area contributed by atoms with Crippen LogP contribution in [0.15, 0.2) is 48.7 Å². The Hall–Kier alpha value is -1.93. The molecule has 0 radical (unpaired) electrons. The number of hydrogen-bond donors (Lipinski definition) is 1. The molecule has 0 spiro atoms. The quantitative estimate of drug-likeness (QED) is 0.758. The minimum absolute atomic E-state index is 0.801. The number of benzene rings is 2. The number of fused-ring (bicyclic) bond motifs is 2. The van der Waals surface area contributed by atoms with Gasteiger partial charge in [0.1, 0.15) is 0 Å². The lowest BCUT2D eigenvalue weighted by molar-refractivity contribution is 0.816.